The Bertz CT molecular complexity index is 1070. The first-order chi connectivity index (χ1) is 16.4. The van der Waals surface area contributed by atoms with E-state index in [1.54, 1.807) is 0 Å². The number of likely N-dealkylation sites (tertiary alicyclic amines) is 1. The Hall–Kier alpha value is -2.89. The van der Waals surface area contributed by atoms with Gasteiger partial charge in [0.1, 0.15) is 24.3 Å². The number of ether oxygens (including phenoxy) is 1. The van der Waals surface area contributed by atoms with Gasteiger partial charge < -0.3 is 20.5 Å². The summed E-state index contributed by atoms with van der Waals surface area (Å²) in [6.45, 7) is 6.77. The van der Waals surface area contributed by atoms with Crippen LogP contribution >= 0.6 is 0 Å². The molecule has 0 amide bonds. The summed E-state index contributed by atoms with van der Waals surface area (Å²) >= 11 is 0. The summed E-state index contributed by atoms with van der Waals surface area (Å²) in [5.74, 6) is 1.13. The second kappa shape index (κ2) is 11.0. The molecule has 0 saturated carbocycles. The first-order valence-electron chi connectivity index (χ1n) is 12.1. The molecule has 0 aliphatic carbocycles. The summed E-state index contributed by atoms with van der Waals surface area (Å²) in [6.07, 6.45) is 2.45. The van der Waals surface area contributed by atoms with E-state index in [2.05, 4.69) is 29.2 Å². The quantitative estimate of drug-likeness (QED) is 0.450. The van der Waals surface area contributed by atoms with E-state index in [0.29, 0.717) is 12.5 Å². The van der Waals surface area contributed by atoms with Crippen molar-refractivity contribution in [1.82, 2.24) is 4.90 Å². The lowest BCUT2D eigenvalue weighted by Crippen LogP contribution is -2.40. The van der Waals surface area contributed by atoms with Crippen LogP contribution in [0.4, 0.5) is 10.1 Å². The highest BCUT2D eigenvalue weighted by Gasteiger charge is 2.22. The minimum atomic E-state index is -0.528. The molecule has 1 heterocycles. The number of piperidine rings is 1. The van der Waals surface area contributed by atoms with Gasteiger partial charge in [0, 0.05) is 12.2 Å². The minimum absolute atomic E-state index is 0.197. The van der Waals surface area contributed by atoms with E-state index in [4.69, 9.17) is 10.5 Å². The van der Waals surface area contributed by atoms with Crippen molar-refractivity contribution < 1.29 is 14.2 Å². The first-order valence-corrected chi connectivity index (χ1v) is 12.1. The molecule has 0 aromatic heterocycles. The van der Waals surface area contributed by atoms with Crippen LogP contribution in [0.15, 0.2) is 60.7 Å². The van der Waals surface area contributed by atoms with Gasteiger partial charge in [-0.15, -0.1) is 0 Å². The lowest BCUT2D eigenvalue weighted by atomic mass is 9.88. The topological polar surface area (TPSA) is 58.7 Å². The van der Waals surface area contributed by atoms with E-state index >= 15 is 0 Å². The van der Waals surface area contributed by atoms with Crippen LogP contribution in [0.1, 0.15) is 46.6 Å². The molecular formula is C29H35FN2O2. The second-order valence-electron chi connectivity index (χ2n) is 9.56. The molecule has 0 spiro atoms. The van der Waals surface area contributed by atoms with Crippen LogP contribution in [0.5, 0.6) is 5.75 Å². The molecular weight excluding hydrogens is 427 g/mol. The van der Waals surface area contributed by atoms with Crippen LogP contribution in [0.25, 0.3) is 0 Å². The monoisotopic (exact) mass is 462 g/mol. The number of nitrogen functional groups attached to an aromatic ring is 1. The van der Waals surface area contributed by atoms with E-state index in [0.717, 1.165) is 60.5 Å². The highest BCUT2D eigenvalue weighted by molar-refractivity contribution is 5.53. The zero-order valence-corrected chi connectivity index (χ0v) is 20.1. The number of β-amino-alcohol motifs (C(OH)–C–C–N with tert-alkyl or cyclic N) is 1. The molecule has 1 unspecified atom stereocenters. The summed E-state index contributed by atoms with van der Waals surface area (Å²) in [6, 6.07) is 19.4. The van der Waals surface area contributed by atoms with Crippen LogP contribution in [-0.4, -0.2) is 42.4 Å². The molecule has 0 radical (unpaired) electrons. The molecule has 1 aliphatic rings. The summed E-state index contributed by atoms with van der Waals surface area (Å²) in [4.78, 5) is 2.33. The van der Waals surface area contributed by atoms with Crippen molar-refractivity contribution in [2.24, 2.45) is 0 Å². The number of hydrogen-bond acceptors (Lipinski definition) is 4. The maximum Gasteiger partial charge on any atom is 0.123 e. The molecule has 4 nitrogen and oxygen atoms in total. The van der Waals surface area contributed by atoms with E-state index in [1.807, 2.05) is 38.1 Å². The van der Waals surface area contributed by atoms with Gasteiger partial charge in [-0.2, -0.15) is 0 Å². The van der Waals surface area contributed by atoms with Crippen LogP contribution in [0, 0.1) is 19.7 Å². The Morgan fingerprint density at radius 1 is 0.971 bits per heavy atom. The average Bonchev–Trinajstić information content (AvgIpc) is 2.83. The highest BCUT2D eigenvalue weighted by atomic mass is 19.1. The zero-order chi connectivity index (χ0) is 24.1. The van der Waals surface area contributed by atoms with Crippen molar-refractivity contribution in [2.75, 3.05) is 32.0 Å². The number of rotatable bonds is 8. The molecule has 3 N–H and O–H groups in total. The van der Waals surface area contributed by atoms with Crippen molar-refractivity contribution in [3.8, 4) is 5.75 Å². The molecule has 4 rings (SSSR count). The fourth-order valence-electron chi connectivity index (χ4n) is 4.70. The number of nitrogens with two attached hydrogens (primary N) is 1. The van der Waals surface area contributed by atoms with Crippen LogP contribution in [0.3, 0.4) is 0 Å². The molecule has 1 fully saturated rings. The number of aliphatic hydroxyl groups excluding tert-OH is 1. The fourth-order valence-corrected chi connectivity index (χ4v) is 4.70. The van der Waals surface area contributed by atoms with Crippen LogP contribution < -0.4 is 10.5 Å². The SMILES string of the molecule is Cc1cc(OCC(O)CN2CCC(c3ccc(Cc4ccc(F)cc4)cc3)CC2)c(C)cc1N. The summed E-state index contributed by atoms with van der Waals surface area (Å²) in [7, 11) is 0. The highest BCUT2D eigenvalue weighted by Crippen LogP contribution is 2.29. The van der Waals surface area contributed by atoms with Gasteiger partial charge in [-0.3, -0.25) is 0 Å². The number of anilines is 1. The van der Waals surface area contributed by atoms with Gasteiger partial charge in [0.25, 0.3) is 0 Å². The van der Waals surface area contributed by atoms with Crippen molar-refractivity contribution in [3.63, 3.8) is 0 Å². The Kier molecular flexibility index (Phi) is 7.86. The number of hydrogen-bond donors (Lipinski definition) is 2. The third kappa shape index (κ3) is 6.37. The smallest absolute Gasteiger partial charge is 0.123 e. The molecule has 180 valence electrons. The first kappa shape index (κ1) is 24.2. The van der Waals surface area contributed by atoms with Crippen molar-refractivity contribution in [3.05, 3.63) is 94.3 Å². The maximum atomic E-state index is 13.1. The van der Waals surface area contributed by atoms with E-state index in [1.165, 1.54) is 23.3 Å². The fraction of sp³-hybridized carbons (Fsp3) is 0.379. The van der Waals surface area contributed by atoms with Gasteiger partial charge >= 0.3 is 0 Å². The molecule has 3 aromatic carbocycles. The number of aliphatic hydroxyl groups is 1. The number of aryl methyl sites for hydroxylation is 2. The molecule has 1 atom stereocenters. The summed E-state index contributed by atoms with van der Waals surface area (Å²) in [5, 5.41) is 10.5. The molecule has 34 heavy (non-hydrogen) atoms. The predicted molar refractivity (Wildman–Crippen MR) is 136 cm³/mol. The van der Waals surface area contributed by atoms with Gasteiger partial charge in [0.2, 0.25) is 0 Å². The van der Waals surface area contributed by atoms with Gasteiger partial charge in [-0.1, -0.05) is 36.4 Å². The van der Waals surface area contributed by atoms with Gasteiger partial charge in [0.15, 0.2) is 0 Å². The Morgan fingerprint density at radius 2 is 1.59 bits per heavy atom. The molecule has 1 aliphatic heterocycles. The lowest BCUT2D eigenvalue weighted by Gasteiger charge is -2.33. The molecule has 3 aromatic rings. The van der Waals surface area contributed by atoms with E-state index in [-0.39, 0.29) is 12.4 Å². The number of benzene rings is 3. The third-order valence-corrected chi connectivity index (χ3v) is 6.82. The summed E-state index contributed by atoms with van der Waals surface area (Å²) < 4.78 is 19.0. The van der Waals surface area contributed by atoms with Gasteiger partial charge in [-0.05, 0) is 104 Å². The number of halogens is 1. The zero-order valence-electron chi connectivity index (χ0n) is 20.1. The Labute approximate surface area is 202 Å². The van der Waals surface area contributed by atoms with Gasteiger partial charge in [-0.25, -0.2) is 4.39 Å². The largest absolute Gasteiger partial charge is 0.491 e. The summed E-state index contributed by atoms with van der Waals surface area (Å²) in [5.41, 5.74) is 12.4. The minimum Gasteiger partial charge on any atom is -0.491 e. The molecule has 5 heteroatoms. The van der Waals surface area contributed by atoms with E-state index < -0.39 is 6.10 Å². The van der Waals surface area contributed by atoms with Crippen molar-refractivity contribution >= 4 is 5.69 Å². The Balaban J connectivity index is 1.22. The molecule has 0 bridgehead atoms. The third-order valence-electron chi connectivity index (χ3n) is 6.82. The standard InChI is InChI=1S/C29H35FN2O2/c1-20-16-29(21(2)15-28(20)31)34-19-27(33)18-32-13-11-25(12-14-32)24-7-3-22(4-8-24)17-23-5-9-26(30)10-6-23/h3-10,15-16,25,27,33H,11-14,17-19,31H2,1-2H3. The Morgan fingerprint density at radius 3 is 2.24 bits per heavy atom. The lowest BCUT2D eigenvalue weighted by molar-refractivity contribution is 0.0592. The number of nitrogens with zero attached hydrogens (tertiary/aromatic N) is 1. The van der Waals surface area contributed by atoms with Crippen LogP contribution in [0.2, 0.25) is 0 Å². The molecule has 1 saturated heterocycles. The predicted octanol–water partition coefficient (Wildman–Crippen LogP) is 5.23. The van der Waals surface area contributed by atoms with Crippen molar-refractivity contribution in [1.29, 1.82) is 0 Å². The average molecular weight is 463 g/mol. The maximum absolute atomic E-state index is 13.1. The normalized spacial score (nSPS) is 15.9. The van der Waals surface area contributed by atoms with Gasteiger partial charge in [0.05, 0.1) is 0 Å². The van der Waals surface area contributed by atoms with Crippen molar-refractivity contribution in [2.45, 2.75) is 45.1 Å². The second-order valence-corrected chi connectivity index (χ2v) is 9.56. The van der Waals surface area contributed by atoms with Crippen LogP contribution in [-0.2, 0) is 6.42 Å². The van der Waals surface area contributed by atoms with E-state index in [9.17, 15) is 9.50 Å².